The van der Waals surface area contributed by atoms with E-state index in [0.717, 1.165) is 48.0 Å². The van der Waals surface area contributed by atoms with Crippen molar-refractivity contribution in [3.05, 3.63) is 78.1 Å². The molecule has 7 heteroatoms. The number of nitrogens with one attached hydrogen (secondary N) is 3. The smallest absolute Gasteiger partial charge is 0.225 e. The number of nitrogens with zero attached hydrogens (tertiary/aromatic N) is 3. The number of para-hydroxylation sites is 2. The lowest BCUT2D eigenvalue weighted by Crippen LogP contribution is -2.38. The fourth-order valence-corrected chi connectivity index (χ4v) is 3.74. The van der Waals surface area contributed by atoms with E-state index in [0.29, 0.717) is 13.0 Å². The van der Waals surface area contributed by atoms with Crippen molar-refractivity contribution in [3.8, 4) is 5.69 Å². The zero-order chi connectivity index (χ0) is 21.5. The number of fused-ring (bicyclic) bond motifs is 1. The van der Waals surface area contributed by atoms with Gasteiger partial charge in [0.05, 0.1) is 18.4 Å². The standard InChI is InChI=1S/C24H28N6O/c1-2-25-24(27-16-19-14-23(31)29-22-11-7-6-10-21(19)22)26-13-12-18-15-28-30(17-18)20-8-4-3-5-9-20/h3-11,15,17,19H,2,12-14,16H2,1H3,(H,29,31)(H2,25,26,27). The summed E-state index contributed by atoms with van der Waals surface area (Å²) in [7, 11) is 0. The molecule has 0 spiro atoms. The summed E-state index contributed by atoms with van der Waals surface area (Å²) in [6.07, 6.45) is 5.25. The van der Waals surface area contributed by atoms with E-state index in [9.17, 15) is 4.79 Å². The molecule has 0 saturated carbocycles. The summed E-state index contributed by atoms with van der Waals surface area (Å²) in [5.41, 5.74) is 4.25. The van der Waals surface area contributed by atoms with E-state index in [4.69, 9.17) is 4.99 Å². The normalized spacial score (nSPS) is 15.8. The first-order valence-corrected chi connectivity index (χ1v) is 10.7. The fourth-order valence-electron chi connectivity index (χ4n) is 3.74. The number of amides is 1. The molecule has 31 heavy (non-hydrogen) atoms. The van der Waals surface area contributed by atoms with E-state index < -0.39 is 0 Å². The van der Waals surface area contributed by atoms with Crippen molar-refractivity contribution in [1.29, 1.82) is 0 Å². The summed E-state index contributed by atoms with van der Waals surface area (Å²) in [6, 6.07) is 18.0. The Balaban J connectivity index is 1.35. The minimum absolute atomic E-state index is 0.0484. The molecule has 2 heterocycles. The molecule has 4 rings (SSSR count). The molecule has 0 aliphatic carbocycles. The predicted octanol–water partition coefficient (Wildman–Crippen LogP) is 3.10. The zero-order valence-corrected chi connectivity index (χ0v) is 17.7. The molecule has 7 nitrogen and oxygen atoms in total. The summed E-state index contributed by atoms with van der Waals surface area (Å²) in [6.45, 7) is 4.13. The Hall–Kier alpha value is -3.61. The summed E-state index contributed by atoms with van der Waals surface area (Å²) in [5, 5.41) is 14.1. The molecular weight excluding hydrogens is 388 g/mol. The van der Waals surface area contributed by atoms with Crippen LogP contribution in [0.15, 0.2) is 72.0 Å². The van der Waals surface area contributed by atoms with Crippen molar-refractivity contribution >= 4 is 17.6 Å². The first-order valence-electron chi connectivity index (χ1n) is 10.7. The van der Waals surface area contributed by atoms with E-state index in [-0.39, 0.29) is 11.8 Å². The average Bonchev–Trinajstić information content (AvgIpc) is 3.27. The number of aliphatic imine (C=N–C) groups is 1. The van der Waals surface area contributed by atoms with Gasteiger partial charge in [-0.1, -0.05) is 36.4 Å². The highest BCUT2D eigenvalue weighted by Crippen LogP contribution is 2.31. The fraction of sp³-hybridized carbons (Fsp3) is 0.292. The van der Waals surface area contributed by atoms with Crippen LogP contribution in [0, 0.1) is 0 Å². The van der Waals surface area contributed by atoms with Crippen LogP contribution in [-0.4, -0.2) is 41.3 Å². The van der Waals surface area contributed by atoms with E-state index in [1.165, 1.54) is 0 Å². The van der Waals surface area contributed by atoms with Gasteiger partial charge in [-0.05, 0) is 42.7 Å². The molecule has 1 aliphatic heterocycles. The lowest BCUT2D eigenvalue weighted by atomic mass is 9.91. The van der Waals surface area contributed by atoms with Crippen molar-refractivity contribution in [3.63, 3.8) is 0 Å². The molecule has 1 unspecified atom stereocenters. The summed E-state index contributed by atoms with van der Waals surface area (Å²) >= 11 is 0. The number of anilines is 1. The summed E-state index contributed by atoms with van der Waals surface area (Å²) < 4.78 is 1.89. The highest BCUT2D eigenvalue weighted by atomic mass is 16.1. The minimum atomic E-state index is 0.0484. The molecule has 3 aromatic rings. The van der Waals surface area contributed by atoms with Gasteiger partial charge >= 0.3 is 0 Å². The van der Waals surface area contributed by atoms with E-state index in [1.807, 2.05) is 66.3 Å². The molecule has 2 aromatic carbocycles. The molecule has 3 N–H and O–H groups in total. The quantitative estimate of drug-likeness (QED) is 0.408. The SMILES string of the molecule is CCNC(=NCC1CC(=O)Nc2ccccc21)NCCc1cnn(-c2ccccc2)c1. The van der Waals surface area contributed by atoms with Gasteiger partial charge in [0.15, 0.2) is 5.96 Å². The minimum Gasteiger partial charge on any atom is -0.357 e. The number of benzene rings is 2. The molecule has 160 valence electrons. The Kier molecular flexibility index (Phi) is 6.62. The van der Waals surface area contributed by atoms with Crippen molar-refractivity contribution < 1.29 is 4.79 Å². The van der Waals surface area contributed by atoms with Crippen molar-refractivity contribution in [1.82, 2.24) is 20.4 Å². The second-order valence-corrected chi connectivity index (χ2v) is 7.56. The van der Waals surface area contributed by atoms with Gasteiger partial charge in [0.1, 0.15) is 0 Å². The first-order chi connectivity index (χ1) is 15.2. The van der Waals surface area contributed by atoms with Gasteiger partial charge in [0.25, 0.3) is 0 Å². The Morgan fingerprint density at radius 2 is 1.97 bits per heavy atom. The Morgan fingerprint density at radius 3 is 2.81 bits per heavy atom. The van der Waals surface area contributed by atoms with Gasteiger partial charge in [-0.2, -0.15) is 5.10 Å². The molecule has 0 fully saturated rings. The van der Waals surface area contributed by atoms with Gasteiger partial charge in [-0.3, -0.25) is 9.79 Å². The van der Waals surface area contributed by atoms with Crippen LogP contribution in [0.2, 0.25) is 0 Å². The number of aromatic nitrogens is 2. The van der Waals surface area contributed by atoms with Crippen LogP contribution in [0.1, 0.15) is 30.4 Å². The van der Waals surface area contributed by atoms with Crippen LogP contribution >= 0.6 is 0 Å². The zero-order valence-electron chi connectivity index (χ0n) is 17.7. The highest BCUT2D eigenvalue weighted by molar-refractivity contribution is 5.94. The van der Waals surface area contributed by atoms with Crippen LogP contribution in [-0.2, 0) is 11.2 Å². The number of hydrogen-bond donors (Lipinski definition) is 3. The Labute approximate surface area is 182 Å². The van der Waals surface area contributed by atoms with Crippen LogP contribution in [0.25, 0.3) is 5.69 Å². The van der Waals surface area contributed by atoms with Crippen LogP contribution in [0.3, 0.4) is 0 Å². The molecule has 1 aromatic heterocycles. The molecule has 1 aliphatic rings. The molecule has 1 atom stereocenters. The van der Waals surface area contributed by atoms with Crippen LogP contribution in [0.4, 0.5) is 5.69 Å². The first kappa shape index (κ1) is 20.7. The van der Waals surface area contributed by atoms with Crippen molar-refractivity contribution in [2.24, 2.45) is 4.99 Å². The third-order valence-corrected chi connectivity index (χ3v) is 5.28. The topological polar surface area (TPSA) is 83.3 Å². The molecular formula is C24H28N6O. The number of hydrogen-bond acceptors (Lipinski definition) is 3. The number of carbonyl (C=O) groups is 1. The predicted molar refractivity (Wildman–Crippen MR) is 124 cm³/mol. The van der Waals surface area contributed by atoms with Crippen molar-refractivity contribution in [2.45, 2.75) is 25.7 Å². The van der Waals surface area contributed by atoms with E-state index >= 15 is 0 Å². The van der Waals surface area contributed by atoms with Gasteiger partial charge < -0.3 is 16.0 Å². The van der Waals surface area contributed by atoms with Crippen LogP contribution < -0.4 is 16.0 Å². The highest BCUT2D eigenvalue weighted by Gasteiger charge is 2.24. The third-order valence-electron chi connectivity index (χ3n) is 5.28. The van der Waals surface area contributed by atoms with E-state index in [1.54, 1.807) is 0 Å². The number of carbonyl (C=O) groups excluding carboxylic acids is 1. The van der Waals surface area contributed by atoms with Gasteiger partial charge in [-0.15, -0.1) is 0 Å². The van der Waals surface area contributed by atoms with E-state index in [2.05, 4.69) is 33.3 Å². The summed E-state index contributed by atoms with van der Waals surface area (Å²) in [5.74, 6) is 0.901. The maximum Gasteiger partial charge on any atom is 0.225 e. The Morgan fingerprint density at radius 1 is 1.16 bits per heavy atom. The lowest BCUT2D eigenvalue weighted by molar-refractivity contribution is -0.116. The molecule has 0 saturated heterocycles. The van der Waals surface area contributed by atoms with Gasteiger partial charge in [0, 0.05) is 37.3 Å². The Bertz CT molecular complexity index is 1040. The average molecular weight is 417 g/mol. The van der Waals surface area contributed by atoms with Gasteiger partial charge in [0.2, 0.25) is 5.91 Å². The maximum absolute atomic E-state index is 12.0. The van der Waals surface area contributed by atoms with Gasteiger partial charge in [-0.25, -0.2) is 4.68 Å². The second kappa shape index (κ2) is 9.93. The summed E-state index contributed by atoms with van der Waals surface area (Å²) in [4.78, 5) is 16.8. The maximum atomic E-state index is 12.0. The number of guanidine groups is 1. The van der Waals surface area contributed by atoms with Crippen molar-refractivity contribution in [2.75, 3.05) is 25.0 Å². The third kappa shape index (κ3) is 5.31. The number of rotatable bonds is 7. The molecule has 0 bridgehead atoms. The second-order valence-electron chi connectivity index (χ2n) is 7.56. The molecule has 0 radical (unpaired) electrons. The monoisotopic (exact) mass is 416 g/mol. The molecule has 1 amide bonds. The largest absolute Gasteiger partial charge is 0.357 e. The van der Waals surface area contributed by atoms with Crippen LogP contribution in [0.5, 0.6) is 0 Å². The lowest BCUT2D eigenvalue weighted by Gasteiger charge is -2.24.